The summed E-state index contributed by atoms with van der Waals surface area (Å²) in [6.07, 6.45) is -9.55. The van der Waals surface area contributed by atoms with Crippen LogP contribution in [0.25, 0.3) is 0 Å². The molecule has 0 aliphatic carbocycles. The van der Waals surface area contributed by atoms with Crippen molar-refractivity contribution >= 4 is 11.6 Å². The lowest BCUT2D eigenvalue weighted by atomic mass is 10.1. The van der Waals surface area contributed by atoms with Gasteiger partial charge in [-0.25, -0.2) is 0 Å². The number of hydrogen-bond acceptors (Lipinski definition) is 2. The molecule has 140 valence electrons. The molecule has 0 saturated carbocycles. The summed E-state index contributed by atoms with van der Waals surface area (Å²) >= 11 is 0. The molecule has 0 radical (unpaired) electrons. The molecule has 9 heteroatoms. The molecule has 0 heterocycles. The summed E-state index contributed by atoms with van der Waals surface area (Å²) in [6, 6.07) is 10.2. The van der Waals surface area contributed by atoms with Crippen LogP contribution in [0.3, 0.4) is 0 Å². The van der Waals surface area contributed by atoms with Crippen molar-refractivity contribution in [3.05, 3.63) is 59.7 Å². The zero-order valence-corrected chi connectivity index (χ0v) is 13.1. The van der Waals surface area contributed by atoms with Crippen LogP contribution in [0.5, 0.6) is 5.75 Å². The number of benzene rings is 2. The second-order valence-corrected chi connectivity index (χ2v) is 5.32. The summed E-state index contributed by atoms with van der Waals surface area (Å²) in [5.74, 6) is -1.19. The van der Waals surface area contributed by atoms with Crippen LogP contribution in [0, 0.1) is 0 Å². The maximum Gasteiger partial charge on any atom is 0.422 e. The zero-order chi connectivity index (χ0) is 19.4. The topological polar surface area (TPSA) is 38.3 Å². The first kappa shape index (κ1) is 19.6. The van der Waals surface area contributed by atoms with Crippen molar-refractivity contribution in [1.82, 2.24) is 0 Å². The van der Waals surface area contributed by atoms with Crippen molar-refractivity contribution < 1.29 is 35.9 Å². The van der Waals surface area contributed by atoms with Gasteiger partial charge in [0.25, 0.3) is 0 Å². The number of rotatable bonds is 5. The Morgan fingerprint density at radius 3 is 2.19 bits per heavy atom. The minimum atomic E-state index is -4.72. The standard InChI is InChI=1S/C17H13F6NO2/c18-16(19,20)10-26-14-7-6-12(17(21,22)23)9-13(14)24-15(25)8-11-4-2-1-3-5-11/h1-7,9H,8,10H2,(H,24,25). The van der Waals surface area contributed by atoms with Crippen molar-refractivity contribution in [1.29, 1.82) is 0 Å². The number of amides is 1. The molecule has 0 atom stereocenters. The fraction of sp³-hybridized carbons (Fsp3) is 0.235. The number of carbonyl (C=O) groups excluding carboxylic acids is 1. The van der Waals surface area contributed by atoms with Crippen LogP contribution in [0.15, 0.2) is 48.5 Å². The fourth-order valence-corrected chi connectivity index (χ4v) is 2.07. The molecule has 0 fully saturated rings. The highest BCUT2D eigenvalue weighted by molar-refractivity contribution is 5.93. The molecule has 0 spiro atoms. The van der Waals surface area contributed by atoms with E-state index in [0.29, 0.717) is 17.7 Å². The predicted octanol–water partition coefficient (Wildman–Crippen LogP) is 4.83. The van der Waals surface area contributed by atoms with Crippen LogP contribution in [-0.4, -0.2) is 18.7 Å². The van der Waals surface area contributed by atoms with Crippen LogP contribution >= 0.6 is 0 Å². The monoisotopic (exact) mass is 377 g/mol. The lowest BCUT2D eigenvalue weighted by molar-refractivity contribution is -0.153. The maximum absolute atomic E-state index is 12.8. The molecule has 26 heavy (non-hydrogen) atoms. The Morgan fingerprint density at radius 2 is 1.62 bits per heavy atom. The van der Waals surface area contributed by atoms with E-state index in [1.165, 1.54) is 0 Å². The second kappa shape index (κ2) is 7.67. The number of ether oxygens (including phenoxy) is 1. The van der Waals surface area contributed by atoms with E-state index in [9.17, 15) is 31.1 Å². The van der Waals surface area contributed by atoms with Gasteiger partial charge >= 0.3 is 12.4 Å². The van der Waals surface area contributed by atoms with Gasteiger partial charge in [-0.3, -0.25) is 4.79 Å². The fourth-order valence-electron chi connectivity index (χ4n) is 2.07. The third kappa shape index (κ3) is 5.98. The van der Waals surface area contributed by atoms with Crippen molar-refractivity contribution in [3.63, 3.8) is 0 Å². The molecule has 0 aliphatic rings. The molecule has 2 rings (SSSR count). The third-order valence-corrected chi connectivity index (χ3v) is 3.18. The van der Waals surface area contributed by atoms with Crippen LogP contribution in [0.4, 0.5) is 32.0 Å². The molecule has 0 aromatic heterocycles. The average Bonchev–Trinajstić information content (AvgIpc) is 2.52. The van der Waals surface area contributed by atoms with Gasteiger partial charge in [-0.15, -0.1) is 0 Å². The molecule has 2 aromatic carbocycles. The summed E-state index contributed by atoms with van der Waals surface area (Å²) in [7, 11) is 0. The number of carbonyl (C=O) groups is 1. The normalized spacial score (nSPS) is 11.9. The number of anilines is 1. The van der Waals surface area contributed by atoms with E-state index in [-0.39, 0.29) is 6.42 Å². The minimum Gasteiger partial charge on any atom is -0.482 e. The SMILES string of the molecule is O=C(Cc1ccccc1)Nc1cc(C(F)(F)F)ccc1OCC(F)(F)F. The van der Waals surface area contributed by atoms with Crippen molar-refractivity contribution in [2.24, 2.45) is 0 Å². The third-order valence-electron chi connectivity index (χ3n) is 3.18. The Hall–Kier alpha value is -2.71. The van der Waals surface area contributed by atoms with Crippen LogP contribution < -0.4 is 10.1 Å². The van der Waals surface area contributed by atoms with Crippen LogP contribution in [0.1, 0.15) is 11.1 Å². The Bertz CT molecular complexity index is 756. The molecule has 1 N–H and O–H groups in total. The minimum absolute atomic E-state index is 0.157. The van der Waals surface area contributed by atoms with E-state index in [2.05, 4.69) is 10.1 Å². The van der Waals surface area contributed by atoms with E-state index in [0.717, 1.165) is 6.07 Å². The highest BCUT2D eigenvalue weighted by Gasteiger charge is 2.32. The van der Waals surface area contributed by atoms with Gasteiger partial charge in [-0.1, -0.05) is 30.3 Å². The Labute approximate surface area is 144 Å². The van der Waals surface area contributed by atoms with Gasteiger partial charge in [0.2, 0.25) is 5.91 Å². The number of nitrogens with one attached hydrogen (secondary N) is 1. The summed E-state index contributed by atoms with van der Waals surface area (Å²) < 4.78 is 79.9. The average molecular weight is 377 g/mol. The van der Waals surface area contributed by atoms with Gasteiger partial charge in [0.15, 0.2) is 6.61 Å². The van der Waals surface area contributed by atoms with E-state index in [4.69, 9.17) is 0 Å². The van der Waals surface area contributed by atoms with Gasteiger partial charge in [0.05, 0.1) is 17.7 Å². The molecular weight excluding hydrogens is 364 g/mol. The van der Waals surface area contributed by atoms with Gasteiger partial charge in [-0.2, -0.15) is 26.3 Å². The molecule has 0 aliphatic heterocycles. The van der Waals surface area contributed by atoms with Crippen molar-refractivity contribution in [2.45, 2.75) is 18.8 Å². The second-order valence-electron chi connectivity index (χ2n) is 5.32. The van der Waals surface area contributed by atoms with Crippen molar-refractivity contribution in [2.75, 3.05) is 11.9 Å². The number of hydrogen-bond donors (Lipinski definition) is 1. The highest BCUT2D eigenvalue weighted by Crippen LogP contribution is 2.35. The molecular formula is C17H13F6NO2. The Balaban J connectivity index is 2.22. The highest BCUT2D eigenvalue weighted by atomic mass is 19.4. The van der Waals surface area contributed by atoms with Crippen LogP contribution in [0.2, 0.25) is 0 Å². The molecule has 2 aromatic rings. The lowest BCUT2D eigenvalue weighted by Gasteiger charge is -2.16. The van der Waals surface area contributed by atoms with Gasteiger partial charge < -0.3 is 10.1 Å². The molecule has 3 nitrogen and oxygen atoms in total. The van der Waals surface area contributed by atoms with Crippen LogP contribution in [-0.2, 0) is 17.4 Å². The summed E-state index contributed by atoms with van der Waals surface area (Å²) in [5.41, 5.74) is -1.01. The number of alkyl halides is 6. The molecule has 1 amide bonds. The van der Waals surface area contributed by atoms with Gasteiger partial charge in [0, 0.05) is 0 Å². The molecule has 0 bridgehead atoms. The Morgan fingerprint density at radius 1 is 0.962 bits per heavy atom. The smallest absolute Gasteiger partial charge is 0.422 e. The summed E-state index contributed by atoms with van der Waals surface area (Å²) in [4.78, 5) is 12.0. The predicted molar refractivity (Wildman–Crippen MR) is 81.8 cm³/mol. The summed E-state index contributed by atoms with van der Waals surface area (Å²) in [6.45, 7) is -1.69. The summed E-state index contributed by atoms with van der Waals surface area (Å²) in [5, 5.41) is 2.18. The zero-order valence-electron chi connectivity index (χ0n) is 13.1. The van der Waals surface area contributed by atoms with E-state index < -0.39 is 41.9 Å². The maximum atomic E-state index is 12.8. The van der Waals surface area contributed by atoms with E-state index >= 15 is 0 Å². The lowest BCUT2D eigenvalue weighted by Crippen LogP contribution is -2.21. The molecule has 0 unspecified atom stereocenters. The first-order chi connectivity index (χ1) is 12.0. The van der Waals surface area contributed by atoms with Crippen molar-refractivity contribution in [3.8, 4) is 5.75 Å². The quantitative estimate of drug-likeness (QED) is 0.759. The van der Waals surface area contributed by atoms with E-state index in [1.54, 1.807) is 30.3 Å². The Kier molecular flexibility index (Phi) is 5.79. The van der Waals surface area contributed by atoms with Gasteiger partial charge in [-0.05, 0) is 23.8 Å². The van der Waals surface area contributed by atoms with E-state index in [1.807, 2.05) is 0 Å². The number of halogens is 6. The van der Waals surface area contributed by atoms with Gasteiger partial charge in [0.1, 0.15) is 5.75 Å². The largest absolute Gasteiger partial charge is 0.482 e. The first-order valence-corrected chi connectivity index (χ1v) is 7.29. The molecule has 0 saturated heterocycles. The first-order valence-electron chi connectivity index (χ1n) is 7.29.